The number of rotatable bonds is 7. The van der Waals surface area contributed by atoms with E-state index in [1.165, 1.54) is 12.8 Å². The second-order valence-electron chi connectivity index (χ2n) is 6.21. The van der Waals surface area contributed by atoms with Crippen molar-refractivity contribution in [3.63, 3.8) is 0 Å². The Hall–Kier alpha value is -1.30. The number of nitrogens with one attached hydrogen (secondary N) is 2. The fourth-order valence-electron chi connectivity index (χ4n) is 3.11. The minimum Gasteiger partial charge on any atom is -0.480 e. The minimum absolute atomic E-state index is 0.142. The Morgan fingerprint density at radius 3 is 2.30 bits per heavy atom. The van der Waals surface area contributed by atoms with Crippen LogP contribution in [0.25, 0.3) is 0 Å². The van der Waals surface area contributed by atoms with E-state index in [0.717, 1.165) is 19.3 Å². The van der Waals surface area contributed by atoms with Gasteiger partial charge >= 0.3 is 12.0 Å². The molecule has 1 aliphatic carbocycles. The van der Waals surface area contributed by atoms with Gasteiger partial charge in [0.1, 0.15) is 0 Å². The number of carbonyl (C=O) groups is 2. The van der Waals surface area contributed by atoms with E-state index in [0.29, 0.717) is 12.5 Å². The molecule has 0 aromatic heterocycles. The van der Waals surface area contributed by atoms with Crippen LogP contribution in [0.1, 0.15) is 46.0 Å². The van der Waals surface area contributed by atoms with Crippen LogP contribution in [0.15, 0.2) is 0 Å². The Kier molecular flexibility index (Phi) is 6.26. The Morgan fingerprint density at radius 2 is 1.85 bits per heavy atom. The molecule has 1 aliphatic rings. The first-order chi connectivity index (χ1) is 9.38. The smallest absolute Gasteiger partial charge is 0.328 e. The lowest BCUT2D eigenvalue weighted by molar-refractivity contribution is -0.140. The third-order valence-corrected chi connectivity index (χ3v) is 3.92. The minimum atomic E-state index is -1.25. The topological polar surface area (TPSA) is 98.7 Å². The summed E-state index contributed by atoms with van der Waals surface area (Å²) in [5.41, 5.74) is 0.142. The summed E-state index contributed by atoms with van der Waals surface area (Å²) in [6, 6.07) is -1.78. The molecule has 0 saturated heterocycles. The summed E-state index contributed by atoms with van der Waals surface area (Å²) in [7, 11) is 0. The Morgan fingerprint density at radius 1 is 1.25 bits per heavy atom. The van der Waals surface area contributed by atoms with Crippen LogP contribution in [0.5, 0.6) is 0 Å². The van der Waals surface area contributed by atoms with Gasteiger partial charge in [-0.05, 0) is 30.6 Å². The van der Waals surface area contributed by atoms with Gasteiger partial charge in [0, 0.05) is 6.54 Å². The summed E-state index contributed by atoms with van der Waals surface area (Å²) in [4.78, 5) is 22.4. The number of urea groups is 1. The van der Waals surface area contributed by atoms with Gasteiger partial charge in [0.15, 0.2) is 6.04 Å². The molecule has 0 aromatic carbocycles. The number of carboxylic acids is 1. The van der Waals surface area contributed by atoms with E-state index in [-0.39, 0.29) is 5.41 Å². The molecule has 116 valence electrons. The summed E-state index contributed by atoms with van der Waals surface area (Å²) < 4.78 is 0. The van der Waals surface area contributed by atoms with Crippen molar-refractivity contribution in [2.45, 2.75) is 52.0 Å². The van der Waals surface area contributed by atoms with Crippen LogP contribution in [0, 0.1) is 11.3 Å². The second kappa shape index (κ2) is 7.47. The van der Waals surface area contributed by atoms with Crippen LogP contribution in [-0.4, -0.2) is 41.4 Å². The largest absolute Gasteiger partial charge is 0.480 e. The Labute approximate surface area is 119 Å². The number of hydrogen-bond donors (Lipinski definition) is 4. The van der Waals surface area contributed by atoms with E-state index in [4.69, 9.17) is 10.2 Å². The fourth-order valence-corrected chi connectivity index (χ4v) is 3.11. The normalized spacial score (nSPS) is 18.8. The maximum absolute atomic E-state index is 11.7. The molecule has 0 spiro atoms. The van der Waals surface area contributed by atoms with Gasteiger partial charge in [-0.25, -0.2) is 9.59 Å². The highest BCUT2D eigenvalue weighted by Gasteiger charge is 2.34. The number of carboxylic acid groups (broad SMARTS) is 1. The molecule has 0 unspecified atom stereocenters. The first-order valence-electron chi connectivity index (χ1n) is 7.26. The number of amides is 2. The van der Waals surface area contributed by atoms with Gasteiger partial charge in [0.25, 0.3) is 0 Å². The standard InChI is InChI=1S/C14H26N2O4/c1-10(2)7-14(5-3-4-6-14)9-15-13(20)16-11(8-17)12(18)19/h10-11,17H,3-9H2,1-2H3,(H,18,19)(H2,15,16,20)/t11-/m0/s1. The number of aliphatic hydroxyl groups is 1. The van der Waals surface area contributed by atoms with Gasteiger partial charge < -0.3 is 20.8 Å². The lowest BCUT2D eigenvalue weighted by Gasteiger charge is -2.31. The summed E-state index contributed by atoms with van der Waals surface area (Å²) in [6.07, 6.45) is 5.64. The lowest BCUT2D eigenvalue weighted by atomic mass is 9.78. The van der Waals surface area contributed by atoms with Crippen LogP contribution in [-0.2, 0) is 4.79 Å². The predicted octanol–water partition coefficient (Wildman–Crippen LogP) is 1.34. The molecule has 1 rings (SSSR count). The third kappa shape index (κ3) is 5.00. The SMILES string of the molecule is CC(C)CC1(CNC(=O)N[C@@H](CO)C(=O)O)CCCC1. The molecule has 2 amide bonds. The molecular weight excluding hydrogens is 260 g/mol. The van der Waals surface area contributed by atoms with Gasteiger partial charge in [-0.2, -0.15) is 0 Å². The average molecular weight is 286 g/mol. The van der Waals surface area contributed by atoms with Crippen molar-refractivity contribution in [3.05, 3.63) is 0 Å². The molecule has 0 radical (unpaired) electrons. The number of aliphatic hydroxyl groups excluding tert-OH is 1. The maximum atomic E-state index is 11.7. The van der Waals surface area contributed by atoms with E-state index < -0.39 is 24.6 Å². The van der Waals surface area contributed by atoms with E-state index >= 15 is 0 Å². The van der Waals surface area contributed by atoms with Crippen LogP contribution < -0.4 is 10.6 Å². The van der Waals surface area contributed by atoms with Gasteiger partial charge in [0.2, 0.25) is 0 Å². The molecule has 0 aromatic rings. The molecule has 20 heavy (non-hydrogen) atoms. The van der Waals surface area contributed by atoms with Crippen molar-refractivity contribution < 1.29 is 19.8 Å². The number of hydrogen-bond acceptors (Lipinski definition) is 3. The monoisotopic (exact) mass is 286 g/mol. The zero-order valence-corrected chi connectivity index (χ0v) is 12.3. The molecule has 4 N–H and O–H groups in total. The van der Waals surface area contributed by atoms with Crippen molar-refractivity contribution in [1.29, 1.82) is 0 Å². The summed E-state index contributed by atoms with van der Waals surface area (Å²) >= 11 is 0. The number of carbonyl (C=O) groups excluding carboxylic acids is 1. The van der Waals surface area contributed by atoms with Gasteiger partial charge in [0.05, 0.1) is 6.61 Å². The number of aliphatic carboxylic acids is 1. The maximum Gasteiger partial charge on any atom is 0.328 e. The summed E-state index contributed by atoms with van der Waals surface area (Å²) in [6.45, 7) is 4.30. The van der Waals surface area contributed by atoms with Crippen molar-refractivity contribution in [2.75, 3.05) is 13.2 Å². The second-order valence-corrected chi connectivity index (χ2v) is 6.21. The molecule has 1 saturated carbocycles. The van der Waals surface area contributed by atoms with E-state index in [1.807, 2.05) is 0 Å². The van der Waals surface area contributed by atoms with E-state index in [9.17, 15) is 9.59 Å². The highest BCUT2D eigenvalue weighted by atomic mass is 16.4. The van der Waals surface area contributed by atoms with Crippen LogP contribution >= 0.6 is 0 Å². The fraction of sp³-hybridized carbons (Fsp3) is 0.857. The summed E-state index contributed by atoms with van der Waals surface area (Å²) in [5, 5.41) is 22.7. The van der Waals surface area contributed by atoms with E-state index in [2.05, 4.69) is 24.5 Å². The van der Waals surface area contributed by atoms with Crippen molar-refractivity contribution in [1.82, 2.24) is 10.6 Å². The zero-order valence-electron chi connectivity index (χ0n) is 12.3. The molecule has 1 atom stereocenters. The van der Waals surface area contributed by atoms with Crippen LogP contribution in [0.3, 0.4) is 0 Å². The van der Waals surface area contributed by atoms with Gasteiger partial charge in [-0.15, -0.1) is 0 Å². The molecule has 0 bridgehead atoms. The lowest BCUT2D eigenvalue weighted by Crippen LogP contribution is -2.50. The van der Waals surface area contributed by atoms with Crippen molar-refractivity contribution in [2.24, 2.45) is 11.3 Å². The highest BCUT2D eigenvalue weighted by molar-refractivity contribution is 5.82. The third-order valence-electron chi connectivity index (χ3n) is 3.92. The zero-order chi connectivity index (χ0) is 15.2. The molecule has 6 heteroatoms. The molecule has 1 fully saturated rings. The van der Waals surface area contributed by atoms with Gasteiger partial charge in [-0.1, -0.05) is 26.7 Å². The quantitative estimate of drug-likeness (QED) is 0.567. The molecule has 0 heterocycles. The Balaban J connectivity index is 2.47. The van der Waals surface area contributed by atoms with Crippen LogP contribution in [0.4, 0.5) is 4.79 Å². The highest BCUT2D eigenvalue weighted by Crippen LogP contribution is 2.42. The molecule has 0 aliphatic heterocycles. The first-order valence-corrected chi connectivity index (χ1v) is 7.26. The Bertz CT molecular complexity index is 338. The molecule has 6 nitrogen and oxygen atoms in total. The summed E-state index contributed by atoms with van der Waals surface area (Å²) in [5.74, 6) is -0.664. The van der Waals surface area contributed by atoms with Gasteiger partial charge in [-0.3, -0.25) is 0 Å². The average Bonchev–Trinajstić information content (AvgIpc) is 2.81. The van der Waals surface area contributed by atoms with Crippen molar-refractivity contribution >= 4 is 12.0 Å². The first kappa shape index (κ1) is 16.8. The predicted molar refractivity (Wildman–Crippen MR) is 75.4 cm³/mol. The van der Waals surface area contributed by atoms with E-state index in [1.54, 1.807) is 0 Å². The molecular formula is C14H26N2O4. The van der Waals surface area contributed by atoms with Crippen molar-refractivity contribution in [3.8, 4) is 0 Å². The van der Waals surface area contributed by atoms with Crippen LogP contribution in [0.2, 0.25) is 0 Å².